The molecule has 0 saturated heterocycles. The van der Waals surface area contributed by atoms with E-state index >= 15 is 0 Å². The number of anilines is 1. The summed E-state index contributed by atoms with van der Waals surface area (Å²) in [5.74, 6) is 1.30. The van der Waals surface area contributed by atoms with Crippen molar-refractivity contribution in [2.24, 2.45) is 7.05 Å². The second kappa shape index (κ2) is 8.00. The average molecular weight is 348 g/mol. The highest BCUT2D eigenvalue weighted by atomic mass is 16.5. The van der Waals surface area contributed by atoms with Gasteiger partial charge in [-0.05, 0) is 24.6 Å². The third-order valence-corrected chi connectivity index (χ3v) is 3.87. The zero-order chi connectivity index (χ0) is 18.6. The summed E-state index contributed by atoms with van der Waals surface area (Å²) in [6.07, 6.45) is -0.981. The molecule has 0 spiro atoms. The number of hydrogen-bond acceptors (Lipinski definition) is 5. The molecule has 3 N–H and O–H groups in total. The molecule has 0 saturated carbocycles. The number of rotatable bonds is 6. The highest BCUT2D eigenvalue weighted by molar-refractivity contribution is 5.93. The number of amides is 2. The van der Waals surface area contributed by atoms with E-state index < -0.39 is 18.7 Å². The predicted octanol–water partition coefficient (Wildman–Crippen LogP) is 1.22. The van der Waals surface area contributed by atoms with Crippen LogP contribution in [-0.4, -0.2) is 64.3 Å². The van der Waals surface area contributed by atoms with Crippen molar-refractivity contribution >= 4 is 11.8 Å². The fraction of sp³-hybridized carbons (Fsp3) is 0.412. The second-order valence-electron chi connectivity index (χ2n) is 5.81. The van der Waals surface area contributed by atoms with Crippen LogP contribution in [0, 0.1) is 6.92 Å². The number of aliphatic hydroxyl groups excluding tert-OH is 2. The van der Waals surface area contributed by atoms with Gasteiger partial charge in [0.15, 0.2) is 0 Å². The number of aliphatic hydroxyl groups is 2. The summed E-state index contributed by atoms with van der Waals surface area (Å²) in [5.41, 5.74) is 2.50. The number of benzene rings is 1. The maximum Gasteiger partial charge on any atom is 0.322 e. The summed E-state index contributed by atoms with van der Waals surface area (Å²) in [6.45, 7) is 1.49. The van der Waals surface area contributed by atoms with Crippen molar-refractivity contribution in [2.75, 3.05) is 32.6 Å². The molecule has 8 heteroatoms. The van der Waals surface area contributed by atoms with E-state index in [1.807, 2.05) is 31.2 Å². The van der Waals surface area contributed by atoms with E-state index in [2.05, 4.69) is 10.4 Å². The number of hydrogen-bond donors (Lipinski definition) is 3. The van der Waals surface area contributed by atoms with Crippen LogP contribution >= 0.6 is 0 Å². The minimum atomic E-state index is -0.981. The second-order valence-corrected chi connectivity index (χ2v) is 5.81. The highest BCUT2D eigenvalue weighted by Crippen LogP contribution is 2.32. The SMILES string of the molecule is COc1ccc(-c2c(C)nn(C)c2NC(=O)N(C)C[C@@H](O)CO)cc1. The van der Waals surface area contributed by atoms with E-state index in [0.717, 1.165) is 22.6 Å². The van der Waals surface area contributed by atoms with Crippen LogP contribution in [0.25, 0.3) is 11.1 Å². The first-order valence-electron chi connectivity index (χ1n) is 7.86. The summed E-state index contributed by atoms with van der Waals surface area (Å²) in [5, 5.41) is 25.6. The summed E-state index contributed by atoms with van der Waals surface area (Å²) in [6, 6.07) is 7.09. The van der Waals surface area contributed by atoms with Crippen LogP contribution in [0.4, 0.5) is 10.6 Å². The summed E-state index contributed by atoms with van der Waals surface area (Å²) < 4.78 is 6.77. The van der Waals surface area contributed by atoms with E-state index in [1.165, 1.54) is 4.90 Å². The van der Waals surface area contributed by atoms with Crippen LogP contribution < -0.4 is 10.1 Å². The molecule has 0 aliphatic carbocycles. The monoisotopic (exact) mass is 348 g/mol. The summed E-state index contributed by atoms with van der Waals surface area (Å²) >= 11 is 0. The first-order chi connectivity index (χ1) is 11.9. The van der Waals surface area contributed by atoms with Crippen molar-refractivity contribution in [2.45, 2.75) is 13.0 Å². The van der Waals surface area contributed by atoms with Crippen LogP contribution in [0.5, 0.6) is 5.75 Å². The minimum absolute atomic E-state index is 0.0248. The van der Waals surface area contributed by atoms with Crippen LogP contribution in [0.1, 0.15) is 5.69 Å². The van der Waals surface area contributed by atoms with Gasteiger partial charge in [-0.15, -0.1) is 0 Å². The highest BCUT2D eigenvalue weighted by Gasteiger charge is 2.20. The molecule has 1 heterocycles. The minimum Gasteiger partial charge on any atom is -0.497 e. The molecular weight excluding hydrogens is 324 g/mol. The number of aromatic nitrogens is 2. The van der Waals surface area contributed by atoms with Crippen LogP contribution in [0.3, 0.4) is 0 Å². The number of methoxy groups -OCH3 is 1. The third-order valence-electron chi connectivity index (χ3n) is 3.87. The van der Waals surface area contributed by atoms with Gasteiger partial charge in [0.2, 0.25) is 0 Å². The van der Waals surface area contributed by atoms with E-state index in [-0.39, 0.29) is 6.54 Å². The van der Waals surface area contributed by atoms with Crippen LogP contribution in [0.2, 0.25) is 0 Å². The van der Waals surface area contributed by atoms with Crippen molar-refractivity contribution < 1.29 is 19.7 Å². The Morgan fingerprint density at radius 3 is 2.60 bits per heavy atom. The molecule has 2 rings (SSSR count). The molecule has 0 aliphatic heterocycles. The fourth-order valence-electron chi connectivity index (χ4n) is 2.56. The Balaban J connectivity index is 2.27. The lowest BCUT2D eigenvalue weighted by molar-refractivity contribution is 0.0750. The Kier molecular flexibility index (Phi) is 6.00. The number of carbonyl (C=O) groups is 1. The Hall–Kier alpha value is -2.58. The van der Waals surface area contributed by atoms with Crippen molar-refractivity contribution in [3.8, 4) is 16.9 Å². The maximum absolute atomic E-state index is 12.4. The molecule has 0 radical (unpaired) electrons. The number of aryl methyl sites for hydroxylation is 2. The number of nitrogens with one attached hydrogen (secondary N) is 1. The van der Waals surface area contributed by atoms with Crippen molar-refractivity contribution in [3.05, 3.63) is 30.0 Å². The first-order valence-corrected chi connectivity index (χ1v) is 7.86. The molecule has 2 aromatic rings. The predicted molar refractivity (Wildman–Crippen MR) is 94.7 cm³/mol. The molecule has 2 amide bonds. The van der Waals surface area contributed by atoms with Gasteiger partial charge in [0.1, 0.15) is 11.6 Å². The molecule has 25 heavy (non-hydrogen) atoms. The number of likely N-dealkylation sites (N-methyl/N-ethyl adjacent to an activating group) is 1. The van der Waals surface area contributed by atoms with Gasteiger partial charge in [-0.1, -0.05) is 12.1 Å². The lowest BCUT2D eigenvalue weighted by Crippen LogP contribution is -2.38. The van der Waals surface area contributed by atoms with Gasteiger partial charge in [-0.3, -0.25) is 10.00 Å². The molecule has 0 aliphatic rings. The summed E-state index contributed by atoms with van der Waals surface area (Å²) in [7, 11) is 4.90. The quantitative estimate of drug-likeness (QED) is 0.729. The Morgan fingerprint density at radius 2 is 2.04 bits per heavy atom. The maximum atomic E-state index is 12.4. The topological polar surface area (TPSA) is 99.9 Å². The molecule has 0 fully saturated rings. The molecule has 0 bridgehead atoms. The normalized spacial score (nSPS) is 11.9. The van der Waals surface area contributed by atoms with Crippen molar-refractivity contribution in [1.29, 1.82) is 0 Å². The Labute approximate surface area is 146 Å². The smallest absolute Gasteiger partial charge is 0.322 e. The number of carbonyl (C=O) groups excluding carboxylic acids is 1. The summed E-state index contributed by atoms with van der Waals surface area (Å²) in [4.78, 5) is 13.7. The Bertz CT molecular complexity index is 727. The molecule has 1 atom stereocenters. The van der Waals surface area contributed by atoms with E-state index in [1.54, 1.807) is 25.9 Å². The first kappa shape index (κ1) is 18.8. The van der Waals surface area contributed by atoms with Gasteiger partial charge >= 0.3 is 6.03 Å². The zero-order valence-corrected chi connectivity index (χ0v) is 14.9. The number of ether oxygens (including phenoxy) is 1. The molecule has 0 unspecified atom stereocenters. The van der Waals surface area contributed by atoms with E-state index in [0.29, 0.717) is 5.82 Å². The van der Waals surface area contributed by atoms with Crippen LogP contribution in [-0.2, 0) is 7.05 Å². The van der Waals surface area contributed by atoms with Crippen molar-refractivity contribution in [1.82, 2.24) is 14.7 Å². The Morgan fingerprint density at radius 1 is 1.40 bits per heavy atom. The number of nitrogens with zero attached hydrogens (tertiary/aromatic N) is 3. The van der Waals surface area contributed by atoms with Gasteiger partial charge in [-0.2, -0.15) is 5.10 Å². The lowest BCUT2D eigenvalue weighted by atomic mass is 10.1. The van der Waals surface area contributed by atoms with Crippen LogP contribution in [0.15, 0.2) is 24.3 Å². The van der Waals surface area contributed by atoms with E-state index in [4.69, 9.17) is 9.84 Å². The standard InChI is InChI=1S/C17H24N4O4/c1-11-15(12-5-7-14(25-4)8-6-12)16(21(3)19-11)18-17(24)20(2)9-13(23)10-22/h5-8,13,22-23H,9-10H2,1-4H3,(H,18,24)/t13-/m1/s1. The van der Waals surface area contributed by atoms with Gasteiger partial charge in [0.05, 0.1) is 32.1 Å². The molecular formula is C17H24N4O4. The number of urea groups is 1. The molecule has 8 nitrogen and oxygen atoms in total. The average Bonchev–Trinajstić information content (AvgIpc) is 2.88. The molecule has 1 aromatic heterocycles. The van der Waals surface area contributed by atoms with Gasteiger partial charge in [-0.25, -0.2) is 4.79 Å². The van der Waals surface area contributed by atoms with Gasteiger partial charge in [0.25, 0.3) is 0 Å². The molecule has 136 valence electrons. The zero-order valence-electron chi connectivity index (χ0n) is 14.9. The third kappa shape index (κ3) is 4.28. The van der Waals surface area contributed by atoms with Gasteiger partial charge < -0.3 is 19.8 Å². The largest absolute Gasteiger partial charge is 0.497 e. The van der Waals surface area contributed by atoms with E-state index in [9.17, 15) is 9.90 Å². The molecule has 1 aromatic carbocycles. The lowest BCUT2D eigenvalue weighted by Gasteiger charge is -2.20. The van der Waals surface area contributed by atoms with Crippen molar-refractivity contribution in [3.63, 3.8) is 0 Å². The van der Waals surface area contributed by atoms with Gasteiger partial charge in [0, 0.05) is 19.7 Å². The fourth-order valence-corrected chi connectivity index (χ4v) is 2.56.